The molecule has 12 heteroatoms. The van der Waals surface area contributed by atoms with Gasteiger partial charge in [0, 0.05) is 41.1 Å². The van der Waals surface area contributed by atoms with Crippen LogP contribution in [0.5, 0.6) is 0 Å². The standard InChI is InChI=1S/C26H33F3N6O2S/c1-14-9-21(38-4)19(24(36)34-14)11-31-25(37)22-16(3)35(23-20(22)10-30-13-33-23)15(2)17-5-7-18(8-6-17)32-12-26(27,28)29/h9-10,13,15,17-19,32H,5-8,11-12H2,1-4H3,(H,31,37)/t15-,17?,18?,19?/m1/s1. The number of rotatable bonds is 8. The molecule has 38 heavy (non-hydrogen) atoms. The molecule has 0 bridgehead atoms. The van der Waals surface area contributed by atoms with Gasteiger partial charge in [0.15, 0.2) is 0 Å². The first kappa shape index (κ1) is 28.3. The summed E-state index contributed by atoms with van der Waals surface area (Å²) < 4.78 is 39.8. The molecular formula is C26H33F3N6O2S. The van der Waals surface area contributed by atoms with Crippen LogP contribution in [0.1, 0.15) is 61.6 Å². The molecule has 2 aromatic rings. The van der Waals surface area contributed by atoms with E-state index in [-0.39, 0.29) is 36.4 Å². The lowest BCUT2D eigenvalue weighted by Crippen LogP contribution is -2.40. The number of aromatic nitrogens is 3. The van der Waals surface area contributed by atoms with Gasteiger partial charge in [0.2, 0.25) is 0 Å². The number of carbonyl (C=O) groups excluding carboxylic acids is 2. The molecule has 1 unspecified atom stereocenters. The zero-order valence-electron chi connectivity index (χ0n) is 21.9. The first-order valence-corrected chi connectivity index (χ1v) is 14.0. The molecule has 206 valence electrons. The molecule has 1 aliphatic carbocycles. The zero-order chi connectivity index (χ0) is 27.6. The number of halogens is 3. The third-order valence-electron chi connectivity index (χ3n) is 7.57. The fourth-order valence-corrected chi connectivity index (χ4v) is 6.37. The van der Waals surface area contributed by atoms with Crippen LogP contribution >= 0.6 is 11.8 Å². The van der Waals surface area contributed by atoms with Crippen molar-refractivity contribution in [3.63, 3.8) is 0 Å². The molecule has 0 radical (unpaired) electrons. The molecule has 3 heterocycles. The summed E-state index contributed by atoms with van der Waals surface area (Å²) in [6.45, 7) is 4.87. The molecule has 8 nitrogen and oxygen atoms in total. The lowest BCUT2D eigenvalue weighted by Gasteiger charge is -2.34. The van der Waals surface area contributed by atoms with E-state index in [1.807, 2.05) is 23.8 Å². The van der Waals surface area contributed by atoms with Gasteiger partial charge >= 0.3 is 6.18 Å². The van der Waals surface area contributed by atoms with Gasteiger partial charge < -0.3 is 15.2 Å². The molecule has 2 atom stereocenters. The second-order valence-electron chi connectivity index (χ2n) is 10.0. The van der Waals surface area contributed by atoms with E-state index in [0.29, 0.717) is 35.2 Å². The molecule has 2 N–H and O–H groups in total. The van der Waals surface area contributed by atoms with E-state index >= 15 is 0 Å². The van der Waals surface area contributed by atoms with Gasteiger partial charge in [0.05, 0.1) is 23.4 Å². The summed E-state index contributed by atoms with van der Waals surface area (Å²) in [6, 6.07) is -0.164. The minimum absolute atomic E-state index is 0.0132. The topological polar surface area (TPSA) is 101 Å². The highest BCUT2D eigenvalue weighted by Crippen LogP contribution is 2.37. The van der Waals surface area contributed by atoms with Crippen LogP contribution in [0.25, 0.3) is 11.0 Å². The predicted octanol–water partition coefficient (Wildman–Crippen LogP) is 4.61. The fraction of sp³-hybridized carbons (Fsp3) is 0.577. The number of carbonyl (C=O) groups is 2. The van der Waals surface area contributed by atoms with Gasteiger partial charge in [-0.1, -0.05) is 0 Å². The maximum absolute atomic E-state index is 13.4. The number of amides is 2. The van der Waals surface area contributed by atoms with Crippen molar-refractivity contribution in [1.29, 1.82) is 0 Å². The number of nitrogens with one attached hydrogen (secondary N) is 2. The average Bonchev–Trinajstić information content (AvgIpc) is 3.17. The molecule has 2 aromatic heterocycles. The molecule has 1 saturated carbocycles. The van der Waals surface area contributed by atoms with Gasteiger partial charge in [-0.25, -0.2) is 15.0 Å². The van der Waals surface area contributed by atoms with Crippen LogP contribution in [0.2, 0.25) is 0 Å². The van der Waals surface area contributed by atoms with E-state index in [2.05, 4.69) is 32.5 Å². The molecule has 1 fully saturated rings. The van der Waals surface area contributed by atoms with Gasteiger partial charge in [-0.3, -0.25) is 9.59 Å². The largest absolute Gasteiger partial charge is 0.401 e. The Morgan fingerprint density at radius 3 is 2.61 bits per heavy atom. The van der Waals surface area contributed by atoms with E-state index in [9.17, 15) is 22.8 Å². The van der Waals surface area contributed by atoms with Crippen molar-refractivity contribution in [3.05, 3.63) is 34.8 Å². The maximum atomic E-state index is 13.4. The van der Waals surface area contributed by atoms with Crippen LogP contribution in [0.3, 0.4) is 0 Å². The number of dihydropyridines is 1. The van der Waals surface area contributed by atoms with E-state index in [1.54, 1.807) is 13.1 Å². The highest BCUT2D eigenvalue weighted by atomic mass is 32.2. The van der Waals surface area contributed by atoms with Crippen molar-refractivity contribution in [2.24, 2.45) is 16.8 Å². The predicted molar refractivity (Wildman–Crippen MR) is 142 cm³/mol. The normalized spacial score (nSPS) is 23.2. The van der Waals surface area contributed by atoms with E-state index in [1.165, 1.54) is 18.1 Å². The number of nitrogens with zero attached hydrogens (tertiary/aromatic N) is 4. The summed E-state index contributed by atoms with van der Waals surface area (Å²) in [5.74, 6) is -0.879. The number of aliphatic imine (C=N–C) groups is 1. The summed E-state index contributed by atoms with van der Waals surface area (Å²) in [4.78, 5) is 39.5. The Morgan fingerprint density at radius 1 is 1.24 bits per heavy atom. The Labute approximate surface area is 224 Å². The SMILES string of the molecule is CSC1=CC(C)=NC(=O)C1CNC(=O)c1c(C)n([C@H](C)C2CCC(NCC(F)(F)F)CC2)c2ncncc12. The number of hydrogen-bond donors (Lipinski definition) is 2. The highest BCUT2D eigenvalue weighted by Gasteiger charge is 2.33. The van der Waals surface area contributed by atoms with Crippen LogP contribution < -0.4 is 10.6 Å². The summed E-state index contributed by atoms with van der Waals surface area (Å²) in [7, 11) is 0. The monoisotopic (exact) mass is 550 g/mol. The molecule has 1 aliphatic heterocycles. The highest BCUT2D eigenvalue weighted by molar-refractivity contribution is 8.02. The van der Waals surface area contributed by atoms with Gasteiger partial charge in [0.1, 0.15) is 12.0 Å². The molecule has 0 spiro atoms. The second-order valence-corrected chi connectivity index (χ2v) is 10.9. The van der Waals surface area contributed by atoms with Crippen molar-refractivity contribution in [3.8, 4) is 0 Å². The Bertz CT molecular complexity index is 1260. The van der Waals surface area contributed by atoms with Crippen molar-refractivity contribution in [2.75, 3.05) is 19.3 Å². The first-order valence-electron chi connectivity index (χ1n) is 12.7. The molecule has 2 aliphatic rings. The number of hydrogen-bond acceptors (Lipinski definition) is 6. The van der Waals surface area contributed by atoms with Crippen molar-refractivity contribution in [1.82, 2.24) is 25.2 Å². The molecule has 2 amide bonds. The van der Waals surface area contributed by atoms with Crippen LogP contribution in [-0.2, 0) is 4.79 Å². The lowest BCUT2D eigenvalue weighted by molar-refractivity contribution is -0.126. The van der Waals surface area contributed by atoms with Gasteiger partial charge in [0.25, 0.3) is 11.8 Å². The summed E-state index contributed by atoms with van der Waals surface area (Å²) >= 11 is 1.47. The first-order chi connectivity index (χ1) is 18.0. The van der Waals surface area contributed by atoms with Crippen molar-refractivity contribution >= 4 is 40.3 Å². The molecule has 0 aromatic carbocycles. The third kappa shape index (κ3) is 6.12. The number of alkyl halides is 3. The van der Waals surface area contributed by atoms with Crippen LogP contribution in [0, 0.1) is 18.8 Å². The maximum Gasteiger partial charge on any atom is 0.401 e. The second kappa shape index (κ2) is 11.6. The summed E-state index contributed by atoms with van der Waals surface area (Å²) in [5.41, 5.74) is 2.50. The molecule has 0 saturated heterocycles. The minimum Gasteiger partial charge on any atom is -0.351 e. The Hall–Kier alpha value is -2.73. The number of thioether (sulfide) groups is 1. The summed E-state index contributed by atoms with van der Waals surface area (Å²) in [5, 5.41) is 6.18. The fourth-order valence-electron chi connectivity index (χ4n) is 5.61. The molecule has 4 rings (SSSR count). The van der Waals surface area contributed by atoms with Crippen LogP contribution in [-0.4, -0.2) is 63.6 Å². The average molecular weight is 551 g/mol. The quantitative estimate of drug-likeness (QED) is 0.498. The van der Waals surface area contributed by atoms with Crippen molar-refractivity contribution < 1.29 is 22.8 Å². The van der Waals surface area contributed by atoms with Gasteiger partial charge in [-0.05, 0) is 64.7 Å². The van der Waals surface area contributed by atoms with E-state index in [0.717, 1.165) is 23.4 Å². The minimum atomic E-state index is -4.22. The van der Waals surface area contributed by atoms with E-state index < -0.39 is 18.6 Å². The van der Waals surface area contributed by atoms with Crippen LogP contribution in [0.15, 0.2) is 28.5 Å². The Balaban J connectivity index is 1.51. The lowest BCUT2D eigenvalue weighted by atomic mass is 9.82. The van der Waals surface area contributed by atoms with Crippen LogP contribution in [0.4, 0.5) is 13.2 Å². The third-order valence-corrected chi connectivity index (χ3v) is 8.45. The number of fused-ring (bicyclic) bond motifs is 1. The van der Waals surface area contributed by atoms with Crippen molar-refractivity contribution in [2.45, 2.75) is 64.7 Å². The number of allylic oxidation sites excluding steroid dienone is 1. The Morgan fingerprint density at radius 2 is 1.95 bits per heavy atom. The van der Waals surface area contributed by atoms with E-state index in [4.69, 9.17) is 0 Å². The smallest absolute Gasteiger partial charge is 0.351 e. The van der Waals surface area contributed by atoms with Gasteiger partial charge in [-0.2, -0.15) is 13.2 Å². The molecular weight excluding hydrogens is 517 g/mol. The Kier molecular flexibility index (Phi) is 8.61. The summed E-state index contributed by atoms with van der Waals surface area (Å²) in [6.07, 6.45) is 5.48. The van der Waals surface area contributed by atoms with Gasteiger partial charge in [-0.15, -0.1) is 11.8 Å². The zero-order valence-corrected chi connectivity index (χ0v) is 22.7.